The Morgan fingerprint density at radius 1 is 1.88 bits per heavy atom. The van der Waals surface area contributed by atoms with Gasteiger partial charge >= 0.3 is 0 Å². The number of thiocarbonyl (C=S) groups is 1. The predicted octanol–water partition coefficient (Wildman–Crippen LogP) is 1.41. The molecule has 0 saturated carbocycles. The fourth-order valence-electron chi connectivity index (χ4n) is 0.309. The van der Waals surface area contributed by atoms with E-state index in [0.29, 0.717) is 5.88 Å². The molecule has 1 aromatic rings. The minimum atomic E-state index is 0.389. The lowest BCUT2D eigenvalue weighted by atomic mass is 10.8. The Labute approximate surface area is 51.1 Å². The van der Waals surface area contributed by atoms with E-state index >= 15 is 0 Å². The Kier molecular flexibility index (Phi) is 1.51. The van der Waals surface area contributed by atoms with E-state index in [2.05, 4.69) is 31.8 Å². The summed E-state index contributed by atoms with van der Waals surface area (Å²) in [5.74, 6) is 0.389. The number of isothiocyanates is 1. The molecule has 0 radical (unpaired) electrons. The zero-order valence-electron chi connectivity index (χ0n) is 3.87. The van der Waals surface area contributed by atoms with Gasteiger partial charge in [0.05, 0.1) is 11.4 Å². The van der Waals surface area contributed by atoms with Crippen molar-refractivity contribution in [3.05, 3.63) is 12.6 Å². The number of aromatic nitrogens is 1. The maximum absolute atomic E-state index is 4.67. The summed E-state index contributed by atoms with van der Waals surface area (Å²) < 4.78 is 4.67. The quantitative estimate of drug-likeness (QED) is 0.421. The van der Waals surface area contributed by atoms with E-state index < -0.39 is 0 Å². The molecule has 0 aliphatic carbocycles. The largest absolute Gasteiger partial charge is 0.425 e. The van der Waals surface area contributed by atoms with Gasteiger partial charge in [-0.3, -0.25) is 0 Å². The molecule has 1 heterocycles. The van der Waals surface area contributed by atoms with Gasteiger partial charge in [0.15, 0.2) is 6.39 Å². The summed E-state index contributed by atoms with van der Waals surface area (Å²) in [6, 6.07) is 0. The molecule has 0 saturated heterocycles. The molecule has 3 nitrogen and oxygen atoms in total. The molecule has 4 heteroatoms. The summed E-state index contributed by atoms with van der Waals surface area (Å²) in [6.45, 7) is 0. The van der Waals surface area contributed by atoms with E-state index in [4.69, 9.17) is 0 Å². The molecule has 0 bridgehead atoms. The van der Waals surface area contributed by atoms with Crippen molar-refractivity contribution >= 4 is 23.3 Å². The number of hydrogen-bond donors (Lipinski definition) is 0. The van der Waals surface area contributed by atoms with Crippen LogP contribution in [0.2, 0.25) is 0 Å². The molecule has 0 aliphatic heterocycles. The predicted molar refractivity (Wildman–Crippen MR) is 31.2 cm³/mol. The van der Waals surface area contributed by atoms with Gasteiger partial charge in [-0.15, -0.1) is 0 Å². The lowest BCUT2D eigenvalue weighted by Gasteiger charge is -1.69. The second-order valence-corrected chi connectivity index (χ2v) is 1.23. The molecular weight excluding hydrogens is 124 g/mol. The molecule has 0 N–H and O–H groups in total. The van der Waals surface area contributed by atoms with Gasteiger partial charge in [0, 0.05) is 0 Å². The van der Waals surface area contributed by atoms with Gasteiger partial charge in [-0.1, -0.05) is 0 Å². The first-order chi connectivity index (χ1) is 3.93. The van der Waals surface area contributed by atoms with E-state index in [1.165, 1.54) is 12.6 Å². The van der Waals surface area contributed by atoms with E-state index in [1.54, 1.807) is 0 Å². The molecule has 0 spiro atoms. The van der Waals surface area contributed by atoms with Crippen LogP contribution in [0.4, 0.5) is 5.88 Å². The van der Waals surface area contributed by atoms with Gasteiger partial charge in [-0.05, 0) is 12.2 Å². The van der Waals surface area contributed by atoms with Gasteiger partial charge in [0.2, 0.25) is 5.88 Å². The molecule has 0 unspecified atom stereocenters. The number of rotatable bonds is 1. The first-order valence-electron chi connectivity index (χ1n) is 1.90. The van der Waals surface area contributed by atoms with Crippen LogP contribution < -0.4 is 0 Å². The number of nitrogens with zero attached hydrogens (tertiary/aromatic N) is 2. The van der Waals surface area contributed by atoms with Crippen molar-refractivity contribution in [3.8, 4) is 0 Å². The second kappa shape index (κ2) is 2.35. The Morgan fingerprint density at radius 2 is 2.75 bits per heavy atom. The molecule has 0 atom stereocenters. The molecular formula is C4H2N2OS. The fourth-order valence-corrected chi connectivity index (χ4v) is 0.399. The van der Waals surface area contributed by atoms with Crippen LogP contribution in [0.3, 0.4) is 0 Å². The van der Waals surface area contributed by atoms with Crippen molar-refractivity contribution in [1.82, 2.24) is 4.98 Å². The van der Waals surface area contributed by atoms with Crippen LogP contribution in [0.25, 0.3) is 0 Å². The summed E-state index contributed by atoms with van der Waals surface area (Å²) >= 11 is 4.30. The summed E-state index contributed by atoms with van der Waals surface area (Å²) in [6.07, 6.45) is 2.74. The van der Waals surface area contributed by atoms with Crippen LogP contribution >= 0.6 is 12.2 Å². The minimum absolute atomic E-state index is 0.389. The summed E-state index contributed by atoms with van der Waals surface area (Å²) in [4.78, 5) is 7.10. The smallest absolute Gasteiger partial charge is 0.248 e. The average Bonchev–Trinajstić information content (AvgIpc) is 2.19. The van der Waals surface area contributed by atoms with Gasteiger partial charge in [-0.2, -0.15) is 4.99 Å². The molecule has 8 heavy (non-hydrogen) atoms. The van der Waals surface area contributed by atoms with Crippen molar-refractivity contribution in [2.24, 2.45) is 4.99 Å². The zero-order chi connectivity index (χ0) is 5.82. The second-order valence-electron chi connectivity index (χ2n) is 1.04. The van der Waals surface area contributed by atoms with Crippen molar-refractivity contribution in [1.29, 1.82) is 0 Å². The van der Waals surface area contributed by atoms with Crippen molar-refractivity contribution in [3.63, 3.8) is 0 Å². The maximum Gasteiger partial charge on any atom is 0.248 e. The van der Waals surface area contributed by atoms with Gasteiger partial charge in [-0.25, -0.2) is 4.98 Å². The normalized spacial score (nSPS) is 8.00. The summed E-state index contributed by atoms with van der Waals surface area (Å²) in [5, 5.41) is 2.14. The first-order valence-corrected chi connectivity index (χ1v) is 2.30. The first kappa shape index (κ1) is 5.15. The third-order valence-electron chi connectivity index (χ3n) is 0.575. The maximum atomic E-state index is 4.67. The van der Waals surface area contributed by atoms with E-state index in [0.717, 1.165) is 0 Å². The standard InChI is InChI=1S/C4H2N2OS/c8-3-6-4-1-5-2-7-4/h1-2H. The van der Waals surface area contributed by atoms with Crippen LogP contribution in [0.15, 0.2) is 22.0 Å². The number of oxazole rings is 1. The van der Waals surface area contributed by atoms with Gasteiger partial charge < -0.3 is 4.42 Å². The Hall–Kier alpha value is -0.990. The van der Waals surface area contributed by atoms with E-state index in [-0.39, 0.29) is 0 Å². The van der Waals surface area contributed by atoms with Crippen LogP contribution in [-0.4, -0.2) is 10.1 Å². The Morgan fingerprint density at radius 3 is 3.25 bits per heavy atom. The van der Waals surface area contributed by atoms with Crippen molar-refractivity contribution in [2.75, 3.05) is 0 Å². The summed E-state index contributed by atoms with van der Waals surface area (Å²) in [7, 11) is 0. The average molecular weight is 126 g/mol. The summed E-state index contributed by atoms with van der Waals surface area (Å²) in [5.41, 5.74) is 0. The van der Waals surface area contributed by atoms with Crippen LogP contribution in [-0.2, 0) is 0 Å². The van der Waals surface area contributed by atoms with Gasteiger partial charge in [0.1, 0.15) is 0 Å². The third kappa shape index (κ3) is 0.992. The van der Waals surface area contributed by atoms with Crippen LogP contribution in [0.1, 0.15) is 0 Å². The highest BCUT2D eigenvalue weighted by Gasteiger charge is 1.85. The lowest BCUT2D eigenvalue weighted by molar-refractivity contribution is 0.568. The van der Waals surface area contributed by atoms with Crippen LogP contribution in [0.5, 0.6) is 0 Å². The van der Waals surface area contributed by atoms with Gasteiger partial charge in [0.25, 0.3) is 0 Å². The molecule has 40 valence electrons. The minimum Gasteiger partial charge on any atom is -0.425 e. The van der Waals surface area contributed by atoms with Crippen molar-refractivity contribution in [2.45, 2.75) is 0 Å². The highest BCUT2D eigenvalue weighted by Crippen LogP contribution is 2.05. The Balaban J connectivity index is 2.93. The lowest BCUT2D eigenvalue weighted by Crippen LogP contribution is -1.47. The van der Waals surface area contributed by atoms with E-state index in [9.17, 15) is 0 Å². The topological polar surface area (TPSA) is 38.4 Å². The van der Waals surface area contributed by atoms with Crippen molar-refractivity contribution < 1.29 is 4.42 Å². The highest BCUT2D eigenvalue weighted by atomic mass is 32.1. The Bertz CT molecular complexity index is 200. The molecule has 0 aliphatic rings. The third-order valence-corrected chi connectivity index (χ3v) is 0.666. The molecule has 0 fully saturated rings. The highest BCUT2D eigenvalue weighted by molar-refractivity contribution is 7.78. The monoisotopic (exact) mass is 126 g/mol. The number of hydrogen-bond acceptors (Lipinski definition) is 4. The number of aliphatic imine (C=N–C) groups is 1. The zero-order valence-corrected chi connectivity index (χ0v) is 4.68. The molecule has 1 rings (SSSR count). The fraction of sp³-hybridized carbons (Fsp3) is 0. The van der Waals surface area contributed by atoms with Crippen LogP contribution in [0, 0.1) is 0 Å². The van der Waals surface area contributed by atoms with E-state index in [1.807, 2.05) is 0 Å². The molecule has 0 aromatic carbocycles. The molecule has 0 amide bonds. The molecule has 1 aromatic heterocycles. The SMILES string of the molecule is S=C=Nc1cnco1.